The number of halogens is 1. The van der Waals surface area contributed by atoms with E-state index in [0.717, 1.165) is 30.0 Å². The van der Waals surface area contributed by atoms with Crippen LogP contribution in [0.3, 0.4) is 0 Å². The van der Waals surface area contributed by atoms with Gasteiger partial charge in [0, 0.05) is 49.2 Å². The molecule has 1 aliphatic rings. The van der Waals surface area contributed by atoms with Crippen molar-refractivity contribution < 1.29 is 14.0 Å². The van der Waals surface area contributed by atoms with Crippen LogP contribution >= 0.6 is 12.2 Å². The van der Waals surface area contributed by atoms with Crippen LogP contribution in [0.4, 0.5) is 15.8 Å². The van der Waals surface area contributed by atoms with E-state index in [4.69, 9.17) is 12.2 Å². The largest absolute Gasteiger partial charge is 0.368 e. The number of anilines is 2. The van der Waals surface area contributed by atoms with E-state index in [1.165, 1.54) is 24.3 Å². The monoisotopic (exact) mass is 488 g/mol. The van der Waals surface area contributed by atoms with Crippen molar-refractivity contribution in [3.63, 3.8) is 0 Å². The van der Waals surface area contributed by atoms with Crippen molar-refractivity contribution in [2.24, 2.45) is 0 Å². The highest BCUT2D eigenvalue weighted by Crippen LogP contribution is 2.20. The summed E-state index contributed by atoms with van der Waals surface area (Å²) in [5.74, 6) is -0.801. The SMILES string of the molecule is O=C(NC(=S)Nc1ccc(N2CCN(C(=O)/C=C/c3ccccc3)CC2)cc1)c1ccc(F)cc1. The van der Waals surface area contributed by atoms with Crippen molar-refractivity contribution in [1.29, 1.82) is 0 Å². The Morgan fingerprint density at radius 2 is 1.51 bits per heavy atom. The van der Waals surface area contributed by atoms with Crippen LogP contribution in [-0.4, -0.2) is 48.0 Å². The summed E-state index contributed by atoms with van der Waals surface area (Å²) in [6, 6.07) is 22.7. The molecule has 0 radical (unpaired) electrons. The second-order valence-corrected chi connectivity index (χ2v) is 8.43. The van der Waals surface area contributed by atoms with Gasteiger partial charge in [-0.15, -0.1) is 0 Å². The molecule has 178 valence electrons. The maximum atomic E-state index is 13.0. The first-order valence-electron chi connectivity index (χ1n) is 11.2. The van der Waals surface area contributed by atoms with Gasteiger partial charge >= 0.3 is 0 Å². The first kappa shape index (κ1) is 24.1. The predicted molar refractivity (Wildman–Crippen MR) is 141 cm³/mol. The van der Waals surface area contributed by atoms with Crippen LogP contribution in [0.5, 0.6) is 0 Å². The molecule has 8 heteroatoms. The molecule has 0 aliphatic carbocycles. The van der Waals surface area contributed by atoms with Crippen LogP contribution in [0.1, 0.15) is 15.9 Å². The van der Waals surface area contributed by atoms with Crippen molar-refractivity contribution in [3.05, 3.63) is 102 Å². The fraction of sp³-hybridized carbons (Fsp3) is 0.148. The Morgan fingerprint density at radius 1 is 0.857 bits per heavy atom. The molecule has 1 heterocycles. The molecule has 35 heavy (non-hydrogen) atoms. The number of carbonyl (C=O) groups is 2. The molecule has 3 aromatic carbocycles. The maximum Gasteiger partial charge on any atom is 0.257 e. The fourth-order valence-electron chi connectivity index (χ4n) is 3.72. The van der Waals surface area contributed by atoms with Crippen molar-refractivity contribution in [3.8, 4) is 0 Å². The first-order valence-corrected chi connectivity index (χ1v) is 11.6. The van der Waals surface area contributed by atoms with E-state index in [0.29, 0.717) is 18.7 Å². The average Bonchev–Trinajstić information content (AvgIpc) is 2.89. The van der Waals surface area contributed by atoms with Gasteiger partial charge < -0.3 is 15.1 Å². The van der Waals surface area contributed by atoms with E-state index in [1.54, 1.807) is 6.08 Å². The normalized spacial score (nSPS) is 13.5. The topological polar surface area (TPSA) is 64.7 Å². The van der Waals surface area contributed by atoms with E-state index >= 15 is 0 Å². The van der Waals surface area contributed by atoms with Crippen LogP contribution in [-0.2, 0) is 4.79 Å². The molecule has 2 amide bonds. The molecule has 1 fully saturated rings. The molecule has 1 aliphatic heterocycles. The lowest BCUT2D eigenvalue weighted by Gasteiger charge is -2.35. The van der Waals surface area contributed by atoms with E-state index in [1.807, 2.05) is 65.6 Å². The van der Waals surface area contributed by atoms with E-state index in [-0.39, 0.29) is 11.0 Å². The molecule has 0 spiro atoms. The number of hydrogen-bond donors (Lipinski definition) is 2. The van der Waals surface area contributed by atoms with Gasteiger partial charge in [0.2, 0.25) is 5.91 Å². The Morgan fingerprint density at radius 3 is 2.17 bits per heavy atom. The number of amides is 2. The van der Waals surface area contributed by atoms with Crippen molar-refractivity contribution in [1.82, 2.24) is 10.2 Å². The minimum Gasteiger partial charge on any atom is -0.368 e. The molecule has 0 unspecified atom stereocenters. The third-order valence-electron chi connectivity index (χ3n) is 5.63. The first-order chi connectivity index (χ1) is 17.0. The molecule has 1 saturated heterocycles. The van der Waals surface area contributed by atoms with Crippen molar-refractivity contribution in [2.75, 3.05) is 36.4 Å². The summed E-state index contributed by atoms with van der Waals surface area (Å²) in [6.45, 7) is 2.78. The smallest absolute Gasteiger partial charge is 0.257 e. The van der Waals surface area contributed by atoms with Gasteiger partial charge in [0.1, 0.15) is 5.82 Å². The minimum absolute atomic E-state index is 0.0178. The molecule has 4 rings (SSSR count). The number of nitrogens with zero attached hydrogens (tertiary/aromatic N) is 2. The van der Waals surface area contributed by atoms with Crippen LogP contribution in [0.2, 0.25) is 0 Å². The molecule has 2 N–H and O–H groups in total. The summed E-state index contributed by atoms with van der Waals surface area (Å²) < 4.78 is 13.0. The summed E-state index contributed by atoms with van der Waals surface area (Å²) in [5.41, 5.74) is 3.10. The number of carbonyl (C=O) groups excluding carboxylic acids is 2. The molecule has 0 aromatic heterocycles. The van der Waals surface area contributed by atoms with Gasteiger partial charge in [0.25, 0.3) is 5.91 Å². The van der Waals surface area contributed by atoms with E-state index in [9.17, 15) is 14.0 Å². The highest BCUT2D eigenvalue weighted by molar-refractivity contribution is 7.80. The summed E-state index contributed by atoms with van der Waals surface area (Å²) >= 11 is 5.22. The standard InChI is InChI=1S/C27H25FN4O2S/c28-22-9-7-21(8-10-22)26(34)30-27(35)29-23-11-13-24(14-12-23)31-16-18-32(19-17-31)25(33)15-6-20-4-2-1-3-5-20/h1-15H,16-19H2,(H2,29,30,34,35)/b15-6+. The average molecular weight is 489 g/mol. The molecule has 3 aromatic rings. The molecule has 0 atom stereocenters. The number of nitrogens with one attached hydrogen (secondary N) is 2. The van der Waals surface area contributed by atoms with E-state index in [2.05, 4.69) is 15.5 Å². The Bertz CT molecular complexity index is 1210. The van der Waals surface area contributed by atoms with Gasteiger partial charge in [-0.05, 0) is 72.4 Å². The molecular weight excluding hydrogens is 463 g/mol. The quantitative estimate of drug-likeness (QED) is 0.414. The number of thiocarbonyl (C=S) groups is 1. The molecule has 0 bridgehead atoms. The predicted octanol–water partition coefficient (Wildman–Crippen LogP) is 4.31. The summed E-state index contributed by atoms with van der Waals surface area (Å²) in [7, 11) is 0. The highest BCUT2D eigenvalue weighted by atomic mass is 32.1. The Hall–Kier alpha value is -4.04. The third kappa shape index (κ3) is 6.74. The lowest BCUT2D eigenvalue weighted by atomic mass is 10.2. The zero-order chi connectivity index (χ0) is 24.6. The number of benzene rings is 3. The van der Waals surface area contributed by atoms with Gasteiger partial charge in [-0.3, -0.25) is 14.9 Å². The third-order valence-corrected chi connectivity index (χ3v) is 5.84. The van der Waals surface area contributed by atoms with Gasteiger partial charge in [0.15, 0.2) is 5.11 Å². The lowest BCUT2D eigenvalue weighted by Crippen LogP contribution is -2.48. The summed E-state index contributed by atoms with van der Waals surface area (Å²) in [5, 5.41) is 5.72. The second-order valence-electron chi connectivity index (χ2n) is 8.02. The van der Waals surface area contributed by atoms with Crippen molar-refractivity contribution >= 4 is 46.6 Å². The van der Waals surface area contributed by atoms with Gasteiger partial charge in [-0.1, -0.05) is 30.3 Å². The molecular formula is C27H25FN4O2S. The highest BCUT2D eigenvalue weighted by Gasteiger charge is 2.20. The number of hydrogen-bond acceptors (Lipinski definition) is 4. The van der Waals surface area contributed by atoms with E-state index < -0.39 is 11.7 Å². The molecule has 6 nitrogen and oxygen atoms in total. The number of piperazine rings is 1. The number of rotatable bonds is 5. The molecule has 0 saturated carbocycles. The second kappa shape index (κ2) is 11.4. The van der Waals surface area contributed by atoms with Gasteiger partial charge in [-0.2, -0.15) is 0 Å². The zero-order valence-corrected chi connectivity index (χ0v) is 19.8. The Labute approximate surface area is 209 Å². The summed E-state index contributed by atoms with van der Waals surface area (Å²) in [6.07, 6.45) is 3.47. The van der Waals surface area contributed by atoms with Gasteiger partial charge in [-0.25, -0.2) is 4.39 Å². The van der Waals surface area contributed by atoms with Crippen molar-refractivity contribution in [2.45, 2.75) is 0 Å². The Kier molecular flexibility index (Phi) is 7.84. The van der Waals surface area contributed by atoms with Crippen LogP contribution in [0.15, 0.2) is 84.9 Å². The minimum atomic E-state index is -0.412. The zero-order valence-electron chi connectivity index (χ0n) is 19.0. The van der Waals surface area contributed by atoms with Crippen LogP contribution < -0.4 is 15.5 Å². The lowest BCUT2D eigenvalue weighted by molar-refractivity contribution is -0.126. The maximum absolute atomic E-state index is 13.0. The fourth-order valence-corrected chi connectivity index (χ4v) is 3.93. The van der Waals surface area contributed by atoms with Crippen LogP contribution in [0.25, 0.3) is 6.08 Å². The summed E-state index contributed by atoms with van der Waals surface area (Å²) in [4.78, 5) is 28.8. The van der Waals surface area contributed by atoms with Gasteiger partial charge in [0.05, 0.1) is 0 Å². The Balaban J connectivity index is 1.25. The van der Waals surface area contributed by atoms with Crippen LogP contribution in [0, 0.1) is 5.82 Å².